The van der Waals surface area contributed by atoms with E-state index in [1.807, 2.05) is 37.3 Å². The first kappa shape index (κ1) is 20.2. The van der Waals surface area contributed by atoms with E-state index in [9.17, 15) is 13.2 Å². The Bertz CT molecular complexity index is 1410. The molecule has 0 spiro atoms. The van der Waals surface area contributed by atoms with Gasteiger partial charge in [0.2, 0.25) is 0 Å². The zero-order chi connectivity index (χ0) is 21.5. The van der Waals surface area contributed by atoms with Crippen molar-refractivity contribution in [2.45, 2.75) is 11.8 Å². The molecule has 0 aliphatic rings. The number of halogens is 1. The van der Waals surface area contributed by atoms with E-state index in [-0.39, 0.29) is 10.6 Å². The number of benzene rings is 3. The normalized spacial score (nSPS) is 11.6. The largest absolute Gasteiger partial charge is 0.310 e. The average Bonchev–Trinajstić information content (AvgIpc) is 2.73. The maximum atomic E-state index is 13.2. The molecule has 0 fully saturated rings. The van der Waals surface area contributed by atoms with Crippen molar-refractivity contribution in [2.24, 2.45) is 7.05 Å². The number of pyridine rings is 1. The molecule has 0 bridgehead atoms. The Labute approximate surface area is 179 Å². The lowest BCUT2D eigenvalue weighted by atomic mass is 9.99. The second-order valence-corrected chi connectivity index (χ2v) is 9.18. The Kier molecular flexibility index (Phi) is 5.13. The smallest absolute Gasteiger partial charge is 0.275 e. The van der Waals surface area contributed by atoms with Crippen molar-refractivity contribution >= 4 is 38.2 Å². The zero-order valence-corrected chi connectivity index (χ0v) is 18.0. The standard InChI is InChI=1S/C23H19ClN2O3S/c1-15-8-11-18(12-9-15)30(28,29)25-22-21(16-6-4-3-5-7-16)19-14-17(24)10-13-20(19)26(2)23(22)27/h3-14,25H,1-2H3. The lowest BCUT2D eigenvalue weighted by molar-refractivity contribution is 0.601. The maximum absolute atomic E-state index is 13.2. The molecule has 3 aromatic carbocycles. The molecule has 1 N–H and O–H groups in total. The molecule has 1 aromatic heterocycles. The van der Waals surface area contributed by atoms with Crippen LogP contribution in [0.5, 0.6) is 0 Å². The van der Waals surface area contributed by atoms with Gasteiger partial charge in [-0.2, -0.15) is 0 Å². The number of hydrogen-bond acceptors (Lipinski definition) is 3. The molecule has 0 aliphatic carbocycles. The first-order valence-corrected chi connectivity index (χ1v) is 11.1. The fourth-order valence-corrected chi connectivity index (χ4v) is 4.67. The van der Waals surface area contributed by atoms with Crippen LogP contribution in [0.4, 0.5) is 5.69 Å². The highest BCUT2D eigenvalue weighted by Gasteiger charge is 2.23. The van der Waals surface area contributed by atoms with E-state index in [0.29, 0.717) is 27.1 Å². The molecule has 0 atom stereocenters. The fraction of sp³-hybridized carbons (Fsp3) is 0.0870. The number of aromatic nitrogens is 1. The summed E-state index contributed by atoms with van der Waals surface area (Å²) in [6.45, 7) is 1.88. The van der Waals surface area contributed by atoms with Gasteiger partial charge in [-0.15, -0.1) is 0 Å². The molecule has 5 nitrogen and oxygen atoms in total. The van der Waals surface area contributed by atoms with Crippen LogP contribution in [0.15, 0.2) is 82.5 Å². The van der Waals surface area contributed by atoms with Crippen molar-refractivity contribution in [1.29, 1.82) is 0 Å². The minimum Gasteiger partial charge on any atom is -0.310 e. The predicted octanol–water partition coefficient (Wildman–Crippen LogP) is 4.97. The highest BCUT2D eigenvalue weighted by Crippen LogP contribution is 2.35. The maximum Gasteiger partial charge on any atom is 0.275 e. The number of aryl methyl sites for hydroxylation is 2. The SMILES string of the molecule is Cc1ccc(S(=O)(=O)Nc2c(-c3ccccc3)c3cc(Cl)ccc3n(C)c2=O)cc1. The molecule has 1 heterocycles. The zero-order valence-electron chi connectivity index (χ0n) is 16.4. The summed E-state index contributed by atoms with van der Waals surface area (Å²) in [5.41, 5.74) is 2.34. The van der Waals surface area contributed by atoms with E-state index in [2.05, 4.69) is 4.72 Å². The Morgan fingerprint density at radius 1 is 0.933 bits per heavy atom. The molecule has 0 aliphatic heterocycles. The molecule has 30 heavy (non-hydrogen) atoms. The van der Waals surface area contributed by atoms with Crippen LogP contribution in [0, 0.1) is 6.92 Å². The van der Waals surface area contributed by atoms with E-state index < -0.39 is 15.6 Å². The first-order valence-electron chi connectivity index (χ1n) is 9.25. The molecule has 4 aromatic rings. The van der Waals surface area contributed by atoms with Gasteiger partial charge in [0, 0.05) is 23.0 Å². The highest BCUT2D eigenvalue weighted by molar-refractivity contribution is 7.92. The Hall–Kier alpha value is -3.09. The molecule has 0 saturated carbocycles. The van der Waals surface area contributed by atoms with Crippen molar-refractivity contribution in [2.75, 3.05) is 4.72 Å². The van der Waals surface area contributed by atoms with Gasteiger partial charge >= 0.3 is 0 Å². The van der Waals surface area contributed by atoms with Gasteiger partial charge in [0.15, 0.2) is 0 Å². The first-order chi connectivity index (χ1) is 14.3. The van der Waals surface area contributed by atoms with Gasteiger partial charge in [-0.3, -0.25) is 9.52 Å². The fourth-order valence-electron chi connectivity index (χ4n) is 3.43. The van der Waals surface area contributed by atoms with Crippen LogP contribution in [0.3, 0.4) is 0 Å². The van der Waals surface area contributed by atoms with Crippen LogP contribution in [0.1, 0.15) is 5.56 Å². The van der Waals surface area contributed by atoms with Crippen LogP contribution in [0.25, 0.3) is 22.0 Å². The molecule has 0 radical (unpaired) electrons. The molecule has 152 valence electrons. The van der Waals surface area contributed by atoms with E-state index in [4.69, 9.17) is 11.6 Å². The third kappa shape index (κ3) is 3.60. The summed E-state index contributed by atoms with van der Waals surface area (Å²) < 4.78 is 30.1. The number of fused-ring (bicyclic) bond motifs is 1. The molecule has 0 saturated heterocycles. The summed E-state index contributed by atoms with van der Waals surface area (Å²) in [6, 6.07) is 20.8. The van der Waals surface area contributed by atoms with Gasteiger partial charge in [-0.25, -0.2) is 8.42 Å². The van der Waals surface area contributed by atoms with Crippen LogP contribution < -0.4 is 10.3 Å². The third-order valence-electron chi connectivity index (χ3n) is 4.99. The van der Waals surface area contributed by atoms with Gasteiger partial charge in [-0.05, 0) is 42.8 Å². The highest BCUT2D eigenvalue weighted by atomic mass is 35.5. The lowest BCUT2D eigenvalue weighted by Crippen LogP contribution is -2.26. The van der Waals surface area contributed by atoms with Crippen molar-refractivity contribution in [1.82, 2.24) is 4.57 Å². The van der Waals surface area contributed by atoms with Gasteiger partial charge in [0.1, 0.15) is 5.69 Å². The predicted molar refractivity (Wildman–Crippen MR) is 122 cm³/mol. The van der Waals surface area contributed by atoms with Gasteiger partial charge < -0.3 is 4.57 Å². The topological polar surface area (TPSA) is 68.2 Å². The summed E-state index contributed by atoms with van der Waals surface area (Å²) in [4.78, 5) is 13.3. The Morgan fingerprint density at radius 3 is 2.27 bits per heavy atom. The van der Waals surface area contributed by atoms with Gasteiger partial charge in [0.05, 0.1) is 10.4 Å². The average molecular weight is 439 g/mol. The van der Waals surface area contributed by atoms with E-state index >= 15 is 0 Å². The molecular weight excluding hydrogens is 420 g/mol. The number of rotatable bonds is 4. The van der Waals surface area contributed by atoms with Crippen LogP contribution in [-0.2, 0) is 17.1 Å². The minimum absolute atomic E-state index is 0.0148. The van der Waals surface area contributed by atoms with Gasteiger partial charge in [0.25, 0.3) is 15.6 Å². The van der Waals surface area contributed by atoms with E-state index in [0.717, 1.165) is 5.56 Å². The molecule has 7 heteroatoms. The lowest BCUT2D eigenvalue weighted by Gasteiger charge is -2.18. The summed E-state index contributed by atoms with van der Waals surface area (Å²) in [5, 5.41) is 1.17. The second kappa shape index (κ2) is 7.63. The quantitative estimate of drug-likeness (QED) is 0.489. The number of nitrogens with one attached hydrogen (secondary N) is 1. The summed E-state index contributed by atoms with van der Waals surface area (Å²) >= 11 is 6.24. The van der Waals surface area contributed by atoms with Crippen molar-refractivity contribution in [3.63, 3.8) is 0 Å². The van der Waals surface area contributed by atoms with Crippen LogP contribution >= 0.6 is 11.6 Å². The number of sulfonamides is 1. The summed E-state index contributed by atoms with van der Waals surface area (Å²) in [7, 11) is -2.37. The van der Waals surface area contributed by atoms with Crippen LogP contribution in [0.2, 0.25) is 5.02 Å². The molecule has 0 unspecified atom stereocenters. The Balaban J connectivity index is 2.03. The monoisotopic (exact) mass is 438 g/mol. The van der Waals surface area contributed by atoms with E-state index in [1.54, 1.807) is 37.4 Å². The molecular formula is C23H19ClN2O3S. The van der Waals surface area contributed by atoms with Crippen LogP contribution in [-0.4, -0.2) is 13.0 Å². The summed E-state index contributed by atoms with van der Waals surface area (Å²) in [6.07, 6.45) is 0. The molecule has 4 rings (SSSR count). The van der Waals surface area contributed by atoms with Crippen molar-refractivity contribution in [3.05, 3.63) is 93.7 Å². The molecule has 0 amide bonds. The third-order valence-corrected chi connectivity index (χ3v) is 6.59. The van der Waals surface area contributed by atoms with Gasteiger partial charge in [-0.1, -0.05) is 59.6 Å². The summed E-state index contributed by atoms with van der Waals surface area (Å²) in [5.74, 6) is 0. The van der Waals surface area contributed by atoms with Crippen molar-refractivity contribution < 1.29 is 8.42 Å². The minimum atomic E-state index is -3.97. The number of anilines is 1. The number of hydrogen-bond donors (Lipinski definition) is 1. The van der Waals surface area contributed by atoms with E-state index in [1.165, 1.54) is 16.7 Å². The Morgan fingerprint density at radius 2 is 1.60 bits per heavy atom. The second-order valence-electron chi connectivity index (χ2n) is 7.06. The number of nitrogens with zero attached hydrogens (tertiary/aromatic N) is 1. The van der Waals surface area contributed by atoms with Crippen molar-refractivity contribution in [3.8, 4) is 11.1 Å².